The molecule has 0 aliphatic rings. The van der Waals surface area contributed by atoms with Crippen LogP contribution in [0.1, 0.15) is 0 Å². The van der Waals surface area contributed by atoms with Crippen molar-refractivity contribution in [3.05, 3.63) is 42.5 Å². The Kier molecular flexibility index (Phi) is 2.41. The quantitative estimate of drug-likeness (QED) is 0.700. The van der Waals surface area contributed by atoms with Gasteiger partial charge in [-0.3, -0.25) is 0 Å². The SMILES string of the molecule is O=C([O-])COc1ccc2oc3ccccc3c2c1. The van der Waals surface area contributed by atoms with Gasteiger partial charge in [0.05, 0.1) is 5.97 Å². The van der Waals surface area contributed by atoms with Gasteiger partial charge < -0.3 is 19.1 Å². The normalized spacial score (nSPS) is 10.9. The van der Waals surface area contributed by atoms with Gasteiger partial charge in [-0.15, -0.1) is 0 Å². The second-order valence-electron chi connectivity index (χ2n) is 3.92. The number of carbonyl (C=O) groups excluding carboxylic acids is 1. The molecule has 0 saturated carbocycles. The zero-order valence-corrected chi connectivity index (χ0v) is 9.38. The van der Waals surface area contributed by atoms with Gasteiger partial charge in [-0.2, -0.15) is 0 Å². The average molecular weight is 241 g/mol. The van der Waals surface area contributed by atoms with Crippen molar-refractivity contribution in [3.8, 4) is 5.75 Å². The summed E-state index contributed by atoms with van der Waals surface area (Å²) in [5, 5.41) is 12.2. The molecule has 0 fully saturated rings. The Morgan fingerprint density at radius 2 is 1.89 bits per heavy atom. The number of fused-ring (bicyclic) bond motifs is 3. The van der Waals surface area contributed by atoms with E-state index in [-0.39, 0.29) is 0 Å². The molecule has 1 aromatic heterocycles. The highest BCUT2D eigenvalue weighted by molar-refractivity contribution is 6.05. The van der Waals surface area contributed by atoms with Crippen LogP contribution < -0.4 is 9.84 Å². The summed E-state index contributed by atoms with van der Waals surface area (Å²) in [6, 6.07) is 12.9. The van der Waals surface area contributed by atoms with Crippen LogP contribution in [0.25, 0.3) is 21.9 Å². The molecule has 3 rings (SSSR count). The molecule has 4 heteroatoms. The van der Waals surface area contributed by atoms with Crippen molar-refractivity contribution >= 4 is 27.9 Å². The maximum atomic E-state index is 10.3. The Balaban J connectivity index is 2.09. The van der Waals surface area contributed by atoms with Gasteiger partial charge in [0.25, 0.3) is 0 Å². The van der Waals surface area contributed by atoms with Crippen LogP contribution in [0.4, 0.5) is 0 Å². The van der Waals surface area contributed by atoms with Gasteiger partial charge in [0.15, 0.2) is 0 Å². The second kappa shape index (κ2) is 4.07. The van der Waals surface area contributed by atoms with Gasteiger partial charge in [0.2, 0.25) is 0 Å². The predicted molar refractivity (Wildman–Crippen MR) is 64.2 cm³/mol. The van der Waals surface area contributed by atoms with E-state index in [2.05, 4.69) is 0 Å². The van der Waals surface area contributed by atoms with Gasteiger partial charge >= 0.3 is 0 Å². The Labute approximate surface area is 102 Å². The first kappa shape index (κ1) is 10.7. The number of hydrogen-bond acceptors (Lipinski definition) is 4. The number of para-hydroxylation sites is 1. The minimum absolute atomic E-state index is 0.457. The maximum absolute atomic E-state index is 10.3. The maximum Gasteiger partial charge on any atom is 0.135 e. The van der Waals surface area contributed by atoms with Crippen molar-refractivity contribution in [3.63, 3.8) is 0 Å². The summed E-state index contributed by atoms with van der Waals surface area (Å²) < 4.78 is 10.7. The molecule has 0 unspecified atom stereocenters. The lowest BCUT2D eigenvalue weighted by Gasteiger charge is -2.05. The van der Waals surface area contributed by atoms with E-state index in [1.807, 2.05) is 24.3 Å². The average Bonchev–Trinajstić information content (AvgIpc) is 2.74. The van der Waals surface area contributed by atoms with E-state index in [4.69, 9.17) is 9.15 Å². The number of ether oxygens (including phenoxy) is 1. The van der Waals surface area contributed by atoms with Crippen molar-refractivity contribution in [2.24, 2.45) is 0 Å². The fourth-order valence-electron chi connectivity index (χ4n) is 1.94. The number of carboxylic acids is 1. The van der Waals surface area contributed by atoms with Crippen molar-refractivity contribution in [2.45, 2.75) is 0 Å². The standard InChI is InChI=1S/C14H10O4/c15-14(16)8-17-9-5-6-13-11(7-9)10-3-1-2-4-12(10)18-13/h1-7H,8H2,(H,15,16)/p-1. The second-order valence-corrected chi connectivity index (χ2v) is 3.92. The fourth-order valence-corrected chi connectivity index (χ4v) is 1.94. The van der Waals surface area contributed by atoms with Crippen LogP contribution in [-0.2, 0) is 4.79 Å². The number of hydrogen-bond donors (Lipinski definition) is 0. The fraction of sp³-hybridized carbons (Fsp3) is 0.0714. The van der Waals surface area contributed by atoms with E-state index in [0.717, 1.165) is 21.9 Å². The predicted octanol–water partition coefficient (Wildman–Crippen LogP) is 1.71. The molecule has 0 aliphatic carbocycles. The minimum Gasteiger partial charge on any atom is -0.546 e. The van der Waals surface area contributed by atoms with Crippen molar-refractivity contribution < 1.29 is 19.1 Å². The molecule has 0 N–H and O–H groups in total. The molecule has 0 aliphatic heterocycles. The lowest BCUT2D eigenvalue weighted by Crippen LogP contribution is -2.28. The molecule has 2 aromatic carbocycles. The smallest absolute Gasteiger partial charge is 0.135 e. The number of aliphatic carboxylic acids is 1. The van der Waals surface area contributed by atoms with Crippen LogP contribution in [0.5, 0.6) is 5.75 Å². The topological polar surface area (TPSA) is 62.5 Å². The zero-order chi connectivity index (χ0) is 12.5. The van der Waals surface area contributed by atoms with Gasteiger partial charge in [-0.25, -0.2) is 0 Å². The summed E-state index contributed by atoms with van der Waals surface area (Å²) in [6.45, 7) is -0.457. The van der Waals surface area contributed by atoms with E-state index in [9.17, 15) is 9.90 Å². The highest BCUT2D eigenvalue weighted by atomic mass is 16.5. The molecule has 1 heterocycles. The molecule has 0 amide bonds. The molecule has 0 saturated heterocycles. The van der Waals surface area contributed by atoms with Crippen molar-refractivity contribution in [1.29, 1.82) is 0 Å². The van der Waals surface area contributed by atoms with Crippen LogP contribution in [0, 0.1) is 0 Å². The van der Waals surface area contributed by atoms with E-state index in [0.29, 0.717) is 5.75 Å². The third kappa shape index (κ3) is 1.78. The lowest BCUT2D eigenvalue weighted by molar-refractivity contribution is -0.307. The monoisotopic (exact) mass is 241 g/mol. The molecular formula is C14H9O4-. The van der Waals surface area contributed by atoms with Crippen LogP contribution in [0.2, 0.25) is 0 Å². The summed E-state index contributed by atoms with van der Waals surface area (Å²) in [4.78, 5) is 10.3. The third-order valence-electron chi connectivity index (χ3n) is 2.70. The van der Waals surface area contributed by atoms with Gasteiger partial charge in [0, 0.05) is 10.8 Å². The third-order valence-corrected chi connectivity index (χ3v) is 2.70. The van der Waals surface area contributed by atoms with E-state index in [1.165, 1.54) is 0 Å². The molecule has 0 spiro atoms. The largest absolute Gasteiger partial charge is 0.546 e. The Bertz CT molecular complexity index is 727. The molecule has 0 radical (unpaired) electrons. The Hall–Kier alpha value is -2.49. The Morgan fingerprint density at radius 1 is 1.11 bits per heavy atom. The van der Waals surface area contributed by atoms with E-state index in [1.54, 1.807) is 18.2 Å². The van der Waals surface area contributed by atoms with Crippen LogP contribution >= 0.6 is 0 Å². The van der Waals surface area contributed by atoms with Crippen molar-refractivity contribution in [1.82, 2.24) is 0 Å². The van der Waals surface area contributed by atoms with E-state index >= 15 is 0 Å². The molecule has 90 valence electrons. The van der Waals surface area contributed by atoms with Gasteiger partial charge in [0.1, 0.15) is 23.5 Å². The first-order valence-electron chi connectivity index (χ1n) is 5.48. The molecular weight excluding hydrogens is 232 g/mol. The summed E-state index contributed by atoms with van der Waals surface area (Å²) in [7, 11) is 0. The lowest BCUT2D eigenvalue weighted by atomic mass is 10.1. The Morgan fingerprint density at radius 3 is 2.72 bits per heavy atom. The zero-order valence-electron chi connectivity index (χ0n) is 9.38. The molecule has 4 nitrogen and oxygen atoms in total. The number of carboxylic acid groups (broad SMARTS) is 1. The summed E-state index contributed by atoms with van der Waals surface area (Å²) in [5.41, 5.74) is 1.54. The number of furan rings is 1. The molecule has 0 atom stereocenters. The summed E-state index contributed by atoms with van der Waals surface area (Å²) in [5.74, 6) is -0.759. The number of benzene rings is 2. The van der Waals surface area contributed by atoms with Crippen LogP contribution in [0.15, 0.2) is 46.9 Å². The van der Waals surface area contributed by atoms with Crippen LogP contribution in [0.3, 0.4) is 0 Å². The van der Waals surface area contributed by atoms with Crippen LogP contribution in [-0.4, -0.2) is 12.6 Å². The number of carbonyl (C=O) groups is 1. The van der Waals surface area contributed by atoms with E-state index < -0.39 is 12.6 Å². The first-order chi connectivity index (χ1) is 8.74. The van der Waals surface area contributed by atoms with Gasteiger partial charge in [-0.05, 0) is 24.3 Å². The van der Waals surface area contributed by atoms with Gasteiger partial charge in [-0.1, -0.05) is 18.2 Å². The highest BCUT2D eigenvalue weighted by Gasteiger charge is 2.07. The highest BCUT2D eigenvalue weighted by Crippen LogP contribution is 2.31. The summed E-state index contributed by atoms with van der Waals surface area (Å²) >= 11 is 0. The molecule has 3 aromatic rings. The first-order valence-corrected chi connectivity index (χ1v) is 5.48. The molecule has 0 bridgehead atoms. The minimum atomic E-state index is -1.24. The summed E-state index contributed by atoms with van der Waals surface area (Å²) in [6.07, 6.45) is 0. The molecule has 18 heavy (non-hydrogen) atoms. The number of rotatable bonds is 3. The van der Waals surface area contributed by atoms with Crippen molar-refractivity contribution in [2.75, 3.05) is 6.61 Å².